The first-order valence-corrected chi connectivity index (χ1v) is 8.90. The average molecular weight is 380 g/mol. The third-order valence-electron chi connectivity index (χ3n) is 4.19. The first-order valence-electron chi connectivity index (χ1n) is 7.92. The molecular formula is C17H15F3N4OS. The molecule has 1 heterocycles. The van der Waals surface area contributed by atoms with Crippen molar-refractivity contribution < 1.29 is 18.0 Å². The molecule has 3 rings (SSSR count). The van der Waals surface area contributed by atoms with Crippen LogP contribution in [0.1, 0.15) is 25.6 Å². The molecule has 0 radical (unpaired) electrons. The zero-order valence-corrected chi connectivity index (χ0v) is 14.6. The van der Waals surface area contributed by atoms with E-state index in [0.29, 0.717) is 5.39 Å². The Morgan fingerprint density at radius 1 is 1.35 bits per heavy atom. The summed E-state index contributed by atoms with van der Waals surface area (Å²) in [5.74, 6) is -1.67. The number of aromatic nitrogens is 2. The molecule has 0 saturated heterocycles. The van der Waals surface area contributed by atoms with E-state index < -0.39 is 23.4 Å². The number of thioether (sulfide) groups is 1. The Labute approximate surface area is 152 Å². The van der Waals surface area contributed by atoms with E-state index >= 15 is 0 Å². The van der Waals surface area contributed by atoms with Crippen LogP contribution in [0.2, 0.25) is 0 Å². The Bertz CT molecular complexity index is 892. The van der Waals surface area contributed by atoms with Gasteiger partial charge < -0.3 is 5.32 Å². The maximum Gasteiger partial charge on any atom is 0.451 e. The number of hydrogen-bond donors (Lipinski definition) is 1. The number of nitriles is 1. The highest BCUT2D eigenvalue weighted by molar-refractivity contribution is 8.00. The monoisotopic (exact) mass is 380 g/mol. The van der Waals surface area contributed by atoms with E-state index in [1.165, 1.54) is 6.07 Å². The predicted molar refractivity (Wildman–Crippen MR) is 90.1 cm³/mol. The van der Waals surface area contributed by atoms with E-state index in [0.717, 1.165) is 24.6 Å². The lowest BCUT2D eigenvalue weighted by atomic mass is 9.98. The maximum atomic E-state index is 13.0. The van der Waals surface area contributed by atoms with Gasteiger partial charge in [-0.2, -0.15) is 18.4 Å². The van der Waals surface area contributed by atoms with Gasteiger partial charge in [-0.25, -0.2) is 9.97 Å². The van der Waals surface area contributed by atoms with Gasteiger partial charge in [-0.05, 0) is 31.7 Å². The van der Waals surface area contributed by atoms with E-state index in [9.17, 15) is 23.2 Å². The van der Waals surface area contributed by atoms with Gasteiger partial charge in [0, 0.05) is 5.39 Å². The zero-order valence-electron chi connectivity index (χ0n) is 13.8. The van der Waals surface area contributed by atoms with Crippen LogP contribution in [0.4, 0.5) is 13.2 Å². The van der Waals surface area contributed by atoms with Crippen molar-refractivity contribution in [2.75, 3.05) is 5.75 Å². The third-order valence-corrected chi connectivity index (χ3v) is 5.18. The van der Waals surface area contributed by atoms with Crippen molar-refractivity contribution in [2.24, 2.45) is 5.92 Å². The van der Waals surface area contributed by atoms with Crippen molar-refractivity contribution in [3.63, 3.8) is 0 Å². The van der Waals surface area contributed by atoms with Crippen LogP contribution in [0.25, 0.3) is 10.9 Å². The summed E-state index contributed by atoms with van der Waals surface area (Å²) >= 11 is 0.899. The van der Waals surface area contributed by atoms with Gasteiger partial charge in [0.15, 0.2) is 0 Å². The van der Waals surface area contributed by atoms with Crippen molar-refractivity contribution in [1.82, 2.24) is 15.3 Å². The Balaban J connectivity index is 1.80. The number of hydrogen-bond acceptors (Lipinski definition) is 5. The number of amides is 1. The van der Waals surface area contributed by atoms with Crippen LogP contribution >= 0.6 is 11.8 Å². The minimum absolute atomic E-state index is 0.0863. The van der Waals surface area contributed by atoms with Crippen LogP contribution in [0.15, 0.2) is 29.3 Å². The van der Waals surface area contributed by atoms with Crippen LogP contribution in [-0.4, -0.2) is 27.2 Å². The predicted octanol–water partition coefficient (Wildman–Crippen LogP) is 3.55. The minimum Gasteiger partial charge on any atom is -0.337 e. The van der Waals surface area contributed by atoms with Gasteiger partial charge in [-0.15, -0.1) is 0 Å². The summed E-state index contributed by atoms with van der Waals surface area (Å²) in [5, 5.41) is 12.5. The van der Waals surface area contributed by atoms with E-state index in [1.54, 1.807) is 25.1 Å². The molecule has 0 unspecified atom stereocenters. The number of nitrogens with one attached hydrogen (secondary N) is 1. The fourth-order valence-electron chi connectivity index (χ4n) is 2.63. The summed E-state index contributed by atoms with van der Waals surface area (Å²) in [6.07, 6.45) is -2.92. The number of benzene rings is 1. The molecule has 26 heavy (non-hydrogen) atoms. The van der Waals surface area contributed by atoms with Gasteiger partial charge in [0.1, 0.15) is 10.6 Å². The number of fused-ring (bicyclic) bond motifs is 1. The first kappa shape index (κ1) is 18.5. The summed E-state index contributed by atoms with van der Waals surface area (Å²) in [4.78, 5) is 19.3. The highest BCUT2D eigenvalue weighted by Crippen LogP contribution is 2.39. The van der Waals surface area contributed by atoms with Gasteiger partial charge >= 0.3 is 6.18 Å². The normalized spacial score (nSPS) is 16.7. The van der Waals surface area contributed by atoms with E-state index in [-0.39, 0.29) is 22.2 Å². The molecule has 136 valence electrons. The molecule has 1 aliphatic rings. The van der Waals surface area contributed by atoms with Gasteiger partial charge in [-0.3, -0.25) is 4.79 Å². The number of carbonyl (C=O) groups excluding carboxylic acids is 1. The molecule has 1 aromatic heterocycles. The summed E-state index contributed by atoms with van der Waals surface area (Å²) in [6.45, 7) is 1.66. The second-order valence-electron chi connectivity index (χ2n) is 6.29. The maximum absolute atomic E-state index is 13.0. The zero-order chi connectivity index (χ0) is 18.9. The van der Waals surface area contributed by atoms with Crippen molar-refractivity contribution in [2.45, 2.75) is 36.5 Å². The Morgan fingerprint density at radius 3 is 2.65 bits per heavy atom. The van der Waals surface area contributed by atoms with Gasteiger partial charge in [-0.1, -0.05) is 30.0 Å². The van der Waals surface area contributed by atoms with Crippen molar-refractivity contribution in [3.05, 3.63) is 30.1 Å². The largest absolute Gasteiger partial charge is 0.451 e. The molecule has 1 N–H and O–H groups in total. The lowest BCUT2D eigenvalue weighted by Gasteiger charge is -2.22. The van der Waals surface area contributed by atoms with Crippen LogP contribution in [-0.2, 0) is 11.0 Å². The molecule has 1 aromatic carbocycles. The van der Waals surface area contributed by atoms with Crippen molar-refractivity contribution in [3.8, 4) is 6.07 Å². The first-order chi connectivity index (χ1) is 12.2. The topological polar surface area (TPSA) is 78.7 Å². The summed E-state index contributed by atoms with van der Waals surface area (Å²) in [5.41, 5.74) is -0.778. The van der Waals surface area contributed by atoms with Crippen LogP contribution < -0.4 is 5.32 Å². The lowest BCUT2D eigenvalue weighted by Crippen LogP contribution is -2.47. The number of para-hydroxylation sites is 1. The van der Waals surface area contributed by atoms with Crippen LogP contribution in [0, 0.1) is 17.2 Å². The number of halogens is 3. The molecule has 0 spiro atoms. The summed E-state index contributed by atoms with van der Waals surface area (Å²) in [6, 6.07) is 8.45. The molecular weight excluding hydrogens is 365 g/mol. The fraction of sp³-hybridized carbons (Fsp3) is 0.412. The fourth-order valence-corrected chi connectivity index (χ4v) is 3.44. The number of carbonyl (C=O) groups is 1. The van der Waals surface area contributed by atoms with Crippen molar-refractivity contribution >= 4 is 28.6 Å². The third kappa shape index (κ3) is 3.90. The number of alkyl halides is 3. The molecule has 1 atom stereocenters. The molecule has 2 aromatic rings. The molecule has 1 fully saturated rings. The molecule has 1 amide bonds. The average Bonchev–Trinajstić information content (AvgIpc) is 3.44. The standard InChI is InChI=1S/C17H15F3N4OS/c1-16(9-21,10-6-7-10)24-13(25)8-26-14-11-4-2-3-5-12(11)22-15(23-14)17(18,19)20/h2-5,10H,6-8H2,1H3,(H,24,25)/t16-/m0/s1. The second kappa shape index (κ2) is 6.76. The SMILES string of the molecule is C[C@@](C#N)(NC(=O)CSc1nc(C(F)(F)F)nc2ccccc12)C1CC1. The highest BCUT2D eigenvalue weighted by Gasteiger charge is 2.43. The molecule has 9 heteroatoms. The number of nitrogens with zero attached hydrogens (tertiary/aromatic N) is 3. The quantitative estimate of drug-likeness (QED) is 0.634. The molecule has 0 bridgehead atoms. The molecule has 5 nitrogen and oxygen atoms in total. The lowest BCUT2D eigenvalue weighted by molar-refractivity contribution is -0.145. The van der Waals surface area contributed by atoms with E-state index in [4.69, 9.17) is 0 Å². The van der Waals surface area contributed by atoms with Crippen LogP contribution in [0.5, 0.6) is 0 Å². The minimum atomic E-state index is -4.67. The van der Waals surface area contributed by atoms with Gasteiger partial charge in [0.25, 0.3) is 0 Å². The smallest absolute Gasteiger partial charge is 0.337 e. The molecule has 1 aliphatic carbocycles. The Kier molecular flexibility index (Phi) is 4.80. The molecule has 0 aliphatic heterocycles. The highest BCUT2D eigenvalue weighted by atomic mass is 32.2. The number of rotatable bonds is 5. The Hall–Kier alpha value is -2.34. The van der Waals surface area contributed by atoms with Gasteiger partial charge in [0.05, 0.1) is 17.3 Å². The molecule has 1 saturated carbocycles. The van der Waals surface area contributed by atoms with Crippen molar-refractivity contribution in [1.29, 1.82) is 5.26 Å². The second-order valence-corrected chi connectivity index (χ2v) is 7.26. The summed E-state index contributed by atoms with van der Waals surface area (Å²) in [7, 11) is 0. The summed E-state index contributed by atoms with van der Waals surface area (Å²) < 4.78 is 39.0. The van der Waals surface area contributed by atoms with Gasteiger partial charge in [0.2, 0.25) is 11.7 Å². The van der Waals surface area contributed by atoms with E-state index in [1.807, 2.05) is 0 Å². The van der Waals surface area contributed by atoms with E-state index in [2.05, 4.69) is 21.4 Å². The van der Waals surface area contributed by atoms with Crippen LogP contribution in [0.3, 0.4) is 0 Å². The Morgan fingerprint density at radius 2 is 2.04 bits per heavy atom.